The predicted octanol–water partition coefficient (Wildman–Crippen LogP) is 3.04. The maximum atomic E-state index is 12.7. The predicted molar refractivity (Wildman–Crippen MR) is 123 cm³/mol. The first-order valence-electron chi connectivity index (χ1n) is 12.4. The summed E-state index contributed by atoms with van der Waals surface area (Å²) in [4.78, 5) is 33.9. The Kier molecular flexibility index (Phi) is 8.62. The van der Waals surface area contributed by atoms with Gasteiger partial charge < -0.3 is 19.4 Å². The third-order valence-electron chi connectivity index (χ3n) is 6.97. The maximum absolute atomic E-state index is 12.7. The van der Waals surface area contributed by atoms with Gasteiger partial charge in [0.25, 0.3) is 0 Å². The van der Waals surface area contributed by atoms with E-state index in [1.54, 1.807) is 0 Å². The Balaban J connectivity index is 1.34. The first-order chi connectivity index (χ1) is 14.7. The zero-order valence-corrected chi connectivity index (χ0v) is 20.3. The number of hydrogen-bond donors (Lipinski definition) is 0. The highest BCUT2D eigenvalue weighted by Gasteiger charge is 2.29. The molecule has 0 saturated carbocycles. The van der Waals surface area contributed by atoms with E-state index in [2.05, 4.69) is 21.6 Å². The minimum atomic E-state index is -0.433. The molecule has 3 rings (SSSR count). The van der Waals surface area contributed by atoms with Crippen LogP contribution in [0.4, 0.5) is 4.79 Å². The first kappa shape index (κ1) is 24.3. The van der Waals surface area contributed by atoms with Gasteiger partial charge in [-0.2, -0.15) is 0 Å². The number of rotatable bonds is 5. The van der Waals surface area contributed by atoms with Gasteiger partial charge in [-0.1, -0.05) is 0 Å². The molecule has 3 saturated heterocycles. The second kappa shape index (κ2) is 11.0. The lowest BCUT2D eigenvalue weighted by Gasteiger charge is -2.39. The van der Waals surface area contributed by atoms with Crippen LogP contribution in [0.1, 0.15) is 66.2 Å². The van der Waals surface area contributed by atoms with Crippen LogP contribution in [0.3, 0.4) is 0 Å². The number of amides is 2. The van der Waals surface area contributed by atoms with Crippen LogP contribution in [0.15, 0.2) is 0 Å². The molecule has 0 spiro atoms. The van der Waals surface area contributed by atoms with E-state index in [0.717, 1.165) is 78.0 Å². The summed E-state index contributed by atoms with van der Waals surface area (Å²) in [6.07, 6.45) is 6.77. The quantitative estimate of drug-likeness (QED) is 0.663. The van der Waals surface area contributed by atoms with Gasteiger partial charge in [-0.05, 0) is 78.7 Å². The van der Waals surface area contributed by atoms with E-state index >= 15 is 0 Å². The Morgan fingerprint density at radius 2 is 1.61 bits per heavy atom. The lowest BCUT2D eigenvalue weighted by atomic mass is 9.94. The molecule has 0 bridgehead atoms. The SMILES string of the molecule is CC1CCCCN1C(=O)CN1CCN(CCC2CCCN(C(=O)OC(C)(C)C)C2)CC1. The minimum absolute atomic E-state index is 0.168. The smallest absolute Gasteiger partial charge is 0.410 e. The molecule has 31 heavy (non-hydrogen) atoms. The summed E-state index contributed by atoms with van der Waals surface area (Å²) < 4.78 is 5.55. The highest BCUT2D eigenvalue weighted by atomic mass is 16.6. The monoisotopic (exact) mass is 436 g/mol. The fraction of sp³-hybridized carbons (Fsp3) is 0.917. The topological polar surface area (TPSA) is 56.3 Å². The molecule has 2 amide bonds. The van der Waals surface area contributed by atoms with E-state index in [9.17, 15) is 9.59 Å². The van der Waals surface area contributed by atoms with E-state index in [-0.39, 0.29) is 6.09 Å². The third-order valence-corrected chi connectivity index (χ3v) is 6.97. The zero-order chi connectivity index (χ0) is 22.4. The lowest BCUT2D eigenvalue weighted by Crippen LogP contribution is -2.52. The van der Waals surface area contributed by atoms with Gasteiger partial charge in [0.1, 0.15) is 5.60 Å². The molecule has 0 aromatic carbocycles. The summed E-state index contributed by atoms with van der Waals surface area (Å²) in [5.41, 5.74) is -0.433. The Hall–Kier alpha value is -1.34. The van der Waals surface area contributed by atoms with Gasteiger partial charge in [0, 0.05) is 51.9 Å². The Morgan fingerprint density at radius 1 is 0.903 bits per heavy atom. The molecule has 2 atom stereocenters. The number of nitrogens with zero attached hydrogens (tertiary/aromatic N) is 4. The van der Waals surface area contributed by atoms with E-state index in [0.29, 0.717) is 24.4 Å². The molecular weight excluding hydrogens is 392 g/mol. The van der Waals surface area contributed by atoms with Crippen LogP contribution in [-0.4, -0.2) is 102 Å². The van der Waals surface area contributed by atoms with Crippen molar-refractivity contribution < 1.29 is 14.3 Å². The highest BCUT2D eigenvalue weighted by molar-refractivity contribution is 5.78. The summed E-state index contributed by atoms with van der Waals surface area (Å²) in [5.74, 6) is 0.867. The van der Waals surface area contributed by atoms with Gasteiger partial charge in [-0.15, -0.1) is 0 Å². The summed E-state index contributed by atoms with van der Waals surface area (Å²) in [6, 6.07) is 0.401. The van der Waals surface area contributed by atoms with Crippen molar-refractivity contribution in [3.63, 3.8) is 0 Å². The van der Waals surface area contributed by atoms with Crippen LogP contribution in [0.2, 0.25) is 0 Å². The molecule has 0 aliphatic carbocycles. The standard InChI is InChI=1S/C24H44N4O3/c1-20-8-5-6-12-28(20)22(29)19-26-16-14-25(15-17-26)13-10-21-9-7-11-27(18-21)23(30)31-24(2,3)4/h20-21H,5-19H2,1-4H3. The van der Waals surface area contributed by atoms with Gasteiger partial charge >= 0.3 is 6.09 Å². The van der Waals surface area contributed by atoms with Crippen molar-refractivity contribution in [3.8, 4) is 0 Å². The summed E-state index contributed by atoms with van der Waals surface area (Å²) in [5, 5.41) is 0. The average Bonchev–Trinajstić information content (AvgIpc) is 2.72. The van der Waals surface area contributed by atoms with Crippen LogP contribution < -0.4 is 0 Å². The van der Waals surface area contributed by atoms with Crippen molar-refractivity contribution in [3.05, 3.63) is 0 Å². The van der Waals surface area contributed by atoms with E-state index in [4.69, 9.17) is 4.74 Å². The molecule has 7 nitrogen and oxygen atoms in total. The molecule has 3 aliphatic heterocycles. The molecule has 3 heterocycles. The van der Waals surface area contributed by atoms with Gasteiger partial charge in [0.05, 0.1) is 6.54 Å². The first-order valence-corrected chi connectivity index (χ1v) is 12.4. The number of hydrogen-bond acceptors (Lipinski definition) is 5. The molecule has 0 N–H and O–H groups in total. The highest BCUT2D eigenvalue weighted by Crippen LogP contribution is 2.22. The van der Waals surface area contributed by atoms with Crippen LogP contribution in [0.25, 0.3) is 0 Å². The number of carbonyl (C=O) groups excluding carboxylic acids is 2. The zero-order valence-electron chi connectivity index (χ0n) is 20.3. The molecule has 0 radical (unpaired) electrons. The lowest BCUT2D eigenvalue weighted by molar-refractivity contribution is -0.136. The van der Waals surface area contributed by atoms with Gasteiger partial charge in [0.15, 0.2) is 0 Å². The average molecular weight is 437 g/mol. The summed E-state index contributed by atoms with van der Waals surface area (Å²) in [6.45, 7) is 16.2. The maximum Gasteiger partial charge on any atom is 0.410 e. The van der Waals surface area contributed by atoms with Crippen LogP contribution in [-0.2, 0) is 9.53 Å². The summed E-state index contributed by atoms with van der Waals surface area (Å²) >= 11 is 0. The molecule has 3 aliphatic rings. The number of piperidine rings is 2. The van der Waals surface area contributed by atoms with E-state index < -0.39 is 5.60 Å². The third kappa shape index (κ3) is 7.63. The van der Waals surface area contributed by atoms with Crippen molar-refractivity contribution in [2.45, 2.75) is 77.9 Å². The van der Waals surface area contributed by atoms with E-state index in [1.807, 2.05) is 25.7 Å². The van der Waals surface area contributed by atoms with Crippen LogP contribution in [0.5, 0.6) is 0 Å². The molecule has 7 heteroatoms. The molecular formula is C24H44N4O3. The number of carbonyl (C=O) groups is 2. The van der Waals surface area contributed by atoms with Crippen molar-refractivity contribution in [2.24, 2.45) is 5.92 Å². The van der Waals surface area contributed by atoms with Crippen LogP contribution >= 0.6 is 0 Å². The van der Waals surface area contributed by atoms with Crippen LogP contribution in [0, 0.1) is 5.92 Å². The number of ether oxygens (including phenoxy) is 1. The van der Waals surface area contributed by atoms with Gasteiger partial charge in [0.2, 0.25) is 5.91 Å². The van der Waals surface area contributed by atoms with Crippen molar-refractivity contribution in [2.75, 3.05) is 58.9 Å². The molecule has 0 aromatic heterocycles. The van der Waals surface area contributed by atoms with Crippen molar-refractivity contribution in [1.29, 1.82) is 0 Å². The van der Waals surface area contributed by atoms with Crippen molar-refractivity contribution in [1.82, 2.24) is 19.6 Å². The second-order valence-electron chi connectivity index (χ2n) is 10.8. The number of piperazine rings is 1. The Labute approximate surface area is 189 Å². The normalized spacial score (nSPS) is 26.7. The molecule has 178 valence electrons. The van der Waals surface area contributed by atoms with Crippen molar-refractivity contribution >= 4 is 12.0 Å². The van der Waals surface area contributed by atoms with Gasteiger partial charge in [-0.25, -0.2) is 4.79 Å². The van der Waals surface area contributed by atoms with Gasteiger partial charge in [-0.3, -0.25) is 9.69 Å². The Morgan fingerprint density at radius 3 is 2.29 bits per heavy atom. The second-order valence-corrected chi connectivity index (χ2v) is 10.8. The van der Waals surface area contributed by atoms with E-state index in [1.165, 1.54) is 12.8 Å². The number of likely N-dealkylation sites (tertiary alicyclic amines) is 2. The fourth-order valence-corrected chi connectivity index (χ4v) is 5.08. The largest absolute Gasteiger partial charge is 0.444 e. The fourth-order valence-electron chi connectivity index (χ4n) is 5.08. The molecule has 3 fully saturated rings. The molecule has 0 aromatic rings. The summed E-state index contributed by atoms with van der Waals surface area (Å²) in [7, 11) is 0. The molecule has 2 unspecified atom stereocenters. The minimum Gasteiger partial charge on any atom is -0.444 e. The Bertz CT molecular complexity index is 598.